The molecule has 0 saturated heterocycles. The molecule has 0 fully saturated rings. The molecule has 0 aliphatic rings. The van der Waals surface area contributed by atoms with Crippen molar-refractivity contribution in [3.63, 3.8) is 0 Å². The lowest BCUT2D eigenvalue weighted by Gasteiger charge is -2.12. The summed E-state index contributed by atoms with van der Waals surface area (Å²) in [5, 5.41) is 15.2. The molecule has 0 heterocycles. The van der Waals surface area contributed by atoms with Gasteiger partial charge >= 0.3 is 0 Å². The van der Waals surface area contributed by atoms with Gasteiger partial charge in [0, 0.05) is 16.4 Å². The molecule has 2 amide bonds. The third kappa shape index (κ3) is 6.82. The number of rotatable bonds is 8. The summed E-state index contributed by atoms with van der Waals surface area (Å²) >= 11 is 5.83. The zero-order valence-corrected chi connectivity index (χ0v) is 18.7. The lowest BCUT2D eigenvalue weighted by atomic mass is 10.1. The van der Waals surface area contributed by atoms with E-state index in [9.17, 15) is 19.2 Å². The summed E-state index contributed by atoms with van der Waals surface area (Å²) in [6.45, 7) is -0.310. The molecule has 0 bridgehead atoms. The molecular formula is C25H19ClFN3O4. The van der Waals surface area contributed by atoms with Crippen molar-refractivity contribution < 1.29 is 23.5 Å². The number of carbonyl (C=O) groups is 2. The van der Waals surface area contributed by atoms with E-state index in [4.69, 9.17) is 21.1 Å². The lowest BCUT2D eigenvalue weighted by Crippen LogP contribution is -2.20. The molecule has 9 heteroatoms. The van der Waals surface area contributed by atoms with Gasteiger partial charge in [-0.2, -0.15) is 5.26 Å². The van der Waals surface area contributed by atoms with Crippen molar-refractivity contribution in [2.75, 3.05) is 24.4 Å². The number of anilines is 2. The van der Waals surface area contributed by atoms with Gasteiger partial charge in [0.1, 0.15) is 17.5 Å². The van der Waals surface area contributed by atoms with Crippen molar-refractivity contribution >= 4 is 40.9 Å². The van der Waals surface area contributed by atoms with Crippen molar-refractivity contribution in [3.8, 4) is 17.6 Å². The number of ether oxygens (including phenoxy) is 2. The number of amides is 2. The van der Waals surface area contributed by atoms with E-state index in [1.807, 2.05) is 6.07 Å². The first-order valence-corrected chi connectivity index (χ1v) is 10.3. The van der Waals surface area contributed by atoms with E-state index in [1.54, 1.807) is 42.5 Å². The monoisotopic (exact) mass is 479 g/mol. The second-order valence-corrected chi connectivity index (χ2v) is 7.32. The van der Waals surface area contributed by atoms with Gasteiger partial charge in [0.15, 0.2) is 18.1 Å². The molecule has 172 valence electrons. The van der Waals surface area contributed by atoms with E-state index >= 15 is 0 Å². The van der Waals surface area contributed by atoms with Gasteiger partial charge in [-0.15, -0.1) is 0 Å². The van der Waals surface area contributed by atoms with Crippen LogP contribution in [-0.4, -0.2) is 25.5 Å². The summed E-state index contributed by atoms with van der Waals surface area (Å²) in [5.74, 6) is -0.836. The topological polar surface area (TPSA) is 100 Å². The van der Waals surface area contributed by atoms with Crippen LogP contribution in [0.25, 0.3) is 6.08 Å². The van der Waals surface area contributed by atoms with E-state index in [0.717, 1.165) is 0 Å². The zero-order valence-electron chi connectivity index (χ0n) is 18.0. The number of halogens is 2. The van der Waals surface area contributed by atoms with E-state index < -0.39 is 17.6 Å². The number of hydrogen-bond acceptors (Lipinski definition) is 5. The Labute approximate surface area is 200 Å². The summed E-state index contributed by atoms with van der Waals surface area (Å²) < 4.78 is 23.8. The van der Waals surface area contributed by atoms with Crippen LogP contribution in [0.1, 0.15) is 5.56 Å². The third-order valence-corrected chi connectivity index (χ3v) is 4.70. The molecule has 0 aromatic heterocycles. The standard InChI is InChI=1S/C25H19ClFN3O4/c1-33-23-13-16(12-17(14-28)25(32)30-21-7-3-18(26)4-8-21)2-11-22(23)34-15-24(31)29-20-9-5-19(27)6-10-20/h2-13H,15H2,1H3,(H,29,31)(H,30,32). The van der Waals surface area contributed by atoms with Crippen LogP contribution in [0.5, 0.6) is 11.5 Å². The number of methoxy groups -OCH3 is 1. The molecule has 0 saturated carbocycles. The SMILES string of the molecule is COc1cc(C=C(C#N)C(=O)Nc2ccc(Cl)cc2)ccc1OCC(=O)Nc1ccc(F)cc1. The van der Waals surface area contributed by atoms with Crippen molar-refractivity contribution in [2.45, 2.75) is 0 Å². The van der Waals surface area contributed by atoms with Crippen molar-refractivity contribution in [1.29, 1.82) is 5.26 Å². The van der Waals surface area contributed by atoms with Crippen LogP contribution in [0.3, 0.4) is 0 Å². The largest absolute Gasteiger partial charge is 0.493 e. The van der Waals surface area contributed by atoms with E-state index in [-0.39, 0.29) is 17.9 Å². The van der Waals surface area contributed by atoms with Crippen LogP contribution in [0.2, 0.25) is 5.02 Å². The average Bonchev–Trinajstić information content (AvgIpc) is 2.84. The van der Waals surface area contributed by atoms with Gasteiger partial charge in [-0.25, -0.2) is 4.39 Å². The molecule has 0 atom stereocenters. The van der Waals surface area contributed by atoms with Crippen LogP contribution < -0.4 is 20.1 Å². The Morgan fingerprint density at radius 3 is 2.29 bits per heavy atom. The summed E-state index contributed by atoms with van der Waals surface area (Å²) in [6.07, 6.45) is 1.40. The summed E-state index contributed by atoms with van der Waals surface area (Å²) in [7, 11) is 1.42. The smallest absolute Gasteiger partial charge is 0.266 e. The fourth-order valence-electron chi connectivity index (χ4n) is 2.81. The molecule has 0 radical (unpaired) electrons. The van der Waals surface area contributed by atoms with Gasteiger partial charge in [0.2, 0.25) is 0 Å². The first-order valence-electron chi connectivity index (χ1n) is 9.93. The zero-order chi connectivity index (χ0) is 24.5. The maximum atomic E-state index is 13.0. The van der Waals surface area contributed by atoms with Gasteiger partial charge in [-0.3, -0.25) is 9.59 Å². The van der Waals surface area contributed by atoms with E-state index in [2.05, 4.69) is 10.6 Å². The van der Waals surface area contributed by atoms with Crippen molar-refractivity contribution in [3.05, 3.63) is 88.7 Å². The van der Waals surface area contributed by atoms with Crippen molar-refractivity contribution in [2.24, 2.45) is 0 Å². The average molecular weight is 480 g/mol. The number of nitrogens with zero attached hydrogens (tertiary/aromatic N) is 1. The number of hydrogen-bond donors (Lipinski definition) is 2. The van der Waals surface area contributed by atoms with Gasteiger partial charge in [0.25, 0.3) is 11.8 Å². The van der Waals surface area contributed by atoms with Crippen LogP contribution in [0, 0.1) is 17.1 Å². The summed E-state index contributed by atoms with van der Waals surface area (Å²) in [4.78, 5) is 24.5. The molecule has 0 aliphatic heterocycles. The summed E-state index contributed by atoms with van der Waals surface area (Å²) in [5.41, 5.74) is 1.33. The molecule has 7 nitrogen and oxygen atoms in total. The van der Waals surface area contributed by atoms with Crippen molar-refractivity contribution in [1.82, 2.24) is 0 Å². The highest BCUT2D eigenvalue weighted by Crippen LogP contribution is 2.29. The highest BCUT2D eigenvalue weighted by atomic mass is 35.5. The molecule has 3 rings (SSSR count). The Morgan fingerprint density at radius 1 is 1.00 bits per heavy atom. The number of nitriles is 1. The van der Waals surface area contributed by atoms with Gasteiger partial charge in [-0.05, 0) is 72.3 Å². The van der Waals surface area contributed by atoms with Crippen LogP contribution in [0.15, 0.2) is 72.3 Å². The minimum absolute atomic E-state index is 0.121. The van der Waals surface area contributed by atoms with Crippen LogP contribution in [-0.2, 0) is 9.59 Å². The molecule has 0 unspecified atom stereocenters. The predicted molar refractivity (Wildman–Crippen MR) is 127 cm³/mol. The second kappa shape index (κ2) is 11.5. The maximum Gasteiger partial charge on any atom is 0.266 e. The Morgan fingerprint density at radius 2 is 1.65 bits per heavy atom. The Balaban J connectivity index is 1.66. The Kier molecular flexibility index (Phi) is 8.21. The Bertz CT molecular complexity index is 1250. The van der Waals surface area contributed by atoms with Crippen LogP contribution in [0.4, 0.5) is 15.8 Å². The Hall–Kier alpha value is -4.35. The fraction of sp³-hybridized carbons (Fsp3) is 0.0800. The molecule has 3 aromatic carbocycles. The third-order valence-electron chi connectivity index (χ3n) is 4.45. The second-order valence-electron chi connectivity index (χ2n) is 6.88. The highest BCUT2D eigenvalue weighted by molar-refractivity contribution is 6.30. The minimum atomic E-state index is -0.582. The first-order chi connectivity index (χ1) is 16.4. The van der Waals surface area contributed by atoms with E-state index in [0.29, 0.717) is 27.7 Å². The molecule has 2 N–H and O–H groups in total. The fourth-order valence-corrected chi connectivity index (χ4v) is 2.94. The van der Waals surface area contributed by atoms with Crippen LogP contribution >= 0.6 is 11.6 Å². The normalized spacial score (nSPS) is 10.7. The quantitative estimate of drug-likeness (QED) is 0.348. The maximum absolute atomic E-state index is 13.0. The van der Waals surface area contributed by atoms with Gasteiger partial charge in [-0.1, -0.05) is 17.7 Å². The molecule has 34 heavy (non-hydrogen) atoms. The van der Waals surface area contributed by atoms with E-state index in [1.165, 1.54) is 37.5 Å². The highest BCUT2D eigenvalue weighted by Gasteiger charge is 2.12. The molecule has 3 aromatic rings. The van der Waals surface area contributed by atoms with Gasteiger partial charge in [0.05, 0.1) is 7.11 Å². The molecular weight excluding hydrogens is 461 g/mol. The number of carbonyl (C=O) groups excluding carboxylic acids is 2. The van der Waals surface area contributed by atoms with Gasteiger partial charge < -0.3 is 20.1 Å². The minimum Gasteiger partial charge on any atom is -0.493 e. The predicted octanol–water partition coefficient (Wildman–Crippen LogP) is 5.05. The number of nitrogens with one attached hydrogen (secondary N) is 2. The molecule has 0 aliphatic carbocycles. The first kappa shape index (κ1) is 24.3. The lowest BCUT2D eigenvalue weighted by molar-refractivity contribution is -0.118. The summed E-state index contributed by atoms with van der Waals surface area (Å²) in [6, 6.07) is 18.4. The number of benzene rings is 3. The molecule has 0 spiro atoms.